The lowest BCUT2D eigenvalue weighted by molar-refractivity contribution is 0.0693. The average Bonchev–Trinajstić information content (AvgIpc) is 2.19. The Balaban J connectivity index is 3.34. The molecule has 4 heteroatoms. The van der Waals surface area contributed by atoms with Gasteiger partial charge in [0.05, 0.1) is 0 Å². The largest absolute Gasteiger partial charge is 0.508 e. The third kappa shape index (κ3) is 2.21. The number of hydrogen-bond acceptors (Lipinski definition) is 3. The summed E-state index contributed by atoms with van der Waals surface area (Å²) in [5, 5.41) is 27.8. The van der Waals surface area contributed by atoms with Gasteiger partial charge in [-0.1, -0.05) is 13.8 Å². The van der Waals surface area contributed by atoms with Crippen LogP contribution in [0.1, 0.15) is 42.1 Å². The molecule has 1 rings (SSSR count). The zero-order chi connectivity index (χ0) is 11.6. The lowest BCUT2D eigenvalue weighted by Gasteiger charge is -2.13. The normalized spacial score (nSPS) is 12.4. The van der Waals surface area contributed by atoms with Gasteiger partial charge in [-0.2, -0.15) is 0 Å². The number of carbonyl (C=O) groups is 1. The Hall–Kier alpha value is -1.71. The highest BCUT2D eigenvalue weighted by atomic mass is 16.4. The molecule has 4 nitrogen and oxygen atoms in total. The Labute approximate surface area is 87.8 Å². The zero-order valence-electron chi connectivity index (χ0n) is 8.69. The van der Waals surface area contributed by atoms with Crippen LogP contribution in [0.2, 0.25) is 0 Å². The van der Waals surface area contributed by atoms with Crippen molar-refractivity contribution in [3.05, 3.63) is 23.3 Å². The Bertz CT molecular complexity index is 384. The Morgan fingerprint density at radius 2 is 2.00 bits per heavy atom. The number of benzene rings is 1. The van der Waals surface area contributed by atoms with E-state index in [1.54, 1.807) is 0 Å². The maximum atomic E-state index is 10.8. The van der Waals surface area contributed by atoms with E-state index < -0.39 is 5.97 Å². The molecule has 1 aromatic rings. The number of carboxylic acid groups (broad SMARTS) is 1. The molecule has 15 heavy (non-hydrogen) atoms. The molecule has 0 aliphatic rings. The van der Waals surface area contributed by atoms with E-state index in [2.05, 4.69) is 0 Å². The first-order valence-electron chi connectivity index (χ1n) is 4.76. The predicted octanol–water partition coefficient (Wildman–Crippen LogP) is 2.31. The van der Waals surface area contributed by atoms with Crippen LogP contribution < -0.4 is 0 Å². The molecule has 0 aromatic heterocycles. The lowest BCUT2D eigenvalue weighted by atomic mass is 9.95. The van der Waals surface area contributed by atoms with Crippen LogP contribution in [-0.4, -0.2) is 21.3 Å². The van der Waals surface area contributed by atoms with Crippen molar-refractivity contribution in [2.75, 3.05) is 0 Å². The Morgan fingerprint density at radius 3 is 2.47 bits per heavy atom. The number of carboxylic acids is 1. The van der Waals surface area contributed by atoms with Crippen LogP contribution in [0.5, 0.6) is 11.5 Å². The van der Waals surface area contributed by atoms with E-state index in [9.17, 15) is 15.0 Å². The second-order valence-corrected chi connectivity index (χ2v) is 3.55. The molecule has 1 unspecified atom stereocenters. The van der Waals surface area contributed by atoms with Crippen molar-refractivity contribution in [3.8, 4) is 11.5 Å². The first-order chi connectivity index (χ1) is 6.97. The van der Waals surface area contributed by atoms with Crippen LogP contribution in [-0.2, 0) is 0 Å². The first kappa shape index (κ1) is 11.4. The van der Waals surface area contributed by atoms with Gasteiger partial charge in [-0.3, -0.25) is 0 Å². The highest BCUT2D eigenvalue weighted by Crippen LogP contribution is 2.34. The van der Waals surface area contributed by atoms with Crippen LogP contribution in [0.4, 0.5) is 0 Å². The van der Waals surface area contributed by atoms with Crippen LogP contribution in [0.3, 0.4) is 0 Å². The topological polar surface area (TPSA) is 77.8 Å². The summed E-state index contributed by atoms with van der Waals surface area (Å²) in [6.45, 7) is 3.79. The van der Waals surface area contributed by atoms with E-state index >= 15 is 0 Å². The summed E-state index contributed by atoms with van der Waals surface area (Å²) < 4.78 is 0. The third-order valence-electron chi connectivity index (χ3n) is 2.50. The molecule has 0 spiro atoms. The van der Waals surface area contributed by atoms with Gasteiger partial charge in [0.2, 0.25) is 0 Å². The van der Waals surface area contributed by atoms with Gasteiger partial charge in [0, 0.05) is 5.56 Å². The number of aromatic carboxylic acids is 1. The molecule has 3 N–H and O–H groups in total. The summed E-state index contributed by atoms with van der Waals surface area (Å²) in [7, 11) is 0. The first-order valence-corrected chi connectivity index (χ1v) is 4.76. The highest BCUT2D eigenvalue weighted by Gasteiger charge is 2.18. The van der Waals surface area contributed by atoms with E-state index in [0.717, 1.165) is 12.5 Å². The molecule has 0 radical (unpaired) electrons. The molecule has 0 aliphatic carbocycles. The quantitative estimate of drug-likeness (QED) is 0.669. The van der Waals surface area contributed by atoms with Crippen LogP contribution in [0.15, 0.2) is 12.1 Å². The van der Waals surface area contributed by atoms with Gasteiger partial charge in [0.15, 0.2) is 0 Å². The van der Waals surface area contributed by atoms with E-state index in [4.69, 9.17) is 5.11 Å². The van der Waals surface area contributed by atoms with Gasteiger partial charge in [-0.25, -0.2) is 4.79 Å². The molecule has 0 saturated heterocycles. The third-order valence-corrected chi connectivity index (χ3v) is 2.50. The molecule has 0 fully saturated rings. The van der Waals surface area contributed by atoms with E-state index in [0.29, 0.717) is 5.56 Å². The van der Waals surface area contributed by atoms with E-state index in [1.165, 1.54) is 6.07 Å². The molecule has 0 amide bonds. The number of hydrogen-bond donors (Lipinski definition) is 3. The SMILES string of the molecule is CCC(C)c1cc(O)cc(C(=O)O)c1O. The summed E-state index contributed by atoms with van der Waals surface area (Å²) >= 11 is 0. The van der Waals surface area contributed by atoms with Crippen molar-refractivity contribution in [3.63, 3.8) is 0 Å². The number of rotatable bonds is 3. The minimum absolute atomic E-state index is 0.00944. The minimum Gasteiger partial charge on any atom is -0.508 e. The van der Waals surface area contributed by atoms with Crippen molar-refractivity contribution in [2.45, 2.75) is 26.2 Å². The van der Waals surface area contributed by atoms with E-state index in [-0.39, 0.29) is 23.0 Å². The maximum Gasteiger partial charge on any atom is 0.339 e. The Morgan fingerprint density at radius 1 is 1.40 bits per heavy atom. The summed E-state index contributed by atoms with van der Waals surface area (Å²) in [6.07, 6.45) is 0.760. The predicted molar refractivity (Wildman–Crippen MR) is 55.4 cm³/mol. The number of phenolic OH excluding ortho intramolecular Hbond substituents is 1. The van der Waals surface area contributed by atoms with Gasteiger partial charge < -0.3 is 15.3 Å². The smallest absolute Gasteiger partial charge is 0.339 e. The molecule has 82 valence electrons. The molecule has 0 aliphatic heterocycles. The molecule has 0 heterocycles. The fourth-order valence-electron chi connectivity index (χ4n) is 1.40. The fourth-order valence-corrected chi connectivity index (χ4v) is 1.40. The fraction of sp³-hybridized carbons (Fsp3) is 0.364. The van der Waals surface area contributed by atoms with Gasteiger partial charge in [0.1, 0.15) is 17.1 Å². The monoisotopic (exact) mass is 210 g/mol. The van der Waals surface area contributed by atoms with Crippen molar-refractivity contribution in [1.82, 2.24) is 0 Å². The van der Waals surface area contributed by atoms with Gasteiger partial charge in [-0.05, 0) is 24.5 Å². The highest BCUT2D eigenvalue weighted by molar-refractivity contribution is 5.92. The maximum absolute atomic E-state index is 10.8. The van der Waals surface area contributed by atoms with Crippen LogP contribution in [0.25, 0.3) is 0 Å². The second-order valence-electron chi connectivity index (χ2n) is 3.55. The van der Waals surface area contributed by atoms with Crippen molar-refractivity contribution in [2.24, 2.45) is 0 Å². The zero-order valence-corrected chi connectivity index (χ0v) is 8.69. The molecule has 0 bridgehead atoms. The summed E-state index contributed by atoms with van der Waals surface area (Å²) in [6, 6.07) is 2.44. The summed E-state index contributed by atoms with van der Waals surface area (Å²) in [4.78, 5) is 10.8. The average molecular weight is 210 g/mol. The number of phenols is 2. The lowest BCUT2D eigenvalue weighted by Crippen LogP contribution is -2.01. The van der Waals surface area contributed by atoms with Gasteiger partial charge in [-0.15, -0.1) is 0 Å². The van der Waals surface area contributed by atoms with E-state index in [1.807, 2.05) is 13.8 Å². The summed E-state index contributed by atoms with van der Waals surface area (Å²) in [5.74, 6) is -1.63. The molecule has 0 saturated carbocycles. The van der Waals surface area contributed by atoms with Crippen molar-refractivity contribution >= 4 is 5.97 Å². The Kier molecular flexibility index (Phi) is 3.19. The number of aromatic hydroxyl groups is 2. The van der Waals surface area contributed by atoms with Crippen LogP contribution in [0, 0.1) is 0 Å². The molecular formula is C11H14O4. The molecular weight excluding hydrogens is 196 g/mol. The second kappa shape index (κ2) is 4.21. The minimum atomic E-state index is -1.24. The van der Waals surface area contributed by atoms with Crippen LogP contribution >= 0.6 is 0 Å². The van der Waals surface area contributed by atoms with Gasteiger partial charge >= 0.3 is 5.97 Å². The standard InChI is InChI=1S/C11H14O4/c1-3-6(2)8-4-7(12)5-9(10(8)13)11(14)15/h4-6,12-13H,3H2,1-2H3,(H,14,15). The van der Waals surface area contributed by atoms with Gasteiger partial charge in [0.25, 0.3) is 0 Å². The van der Waals surface area contributed by atoms with Crippen molar-refractivity contribution in [1.29, 1.82) is 0 Å². The van der Waals surface area contributed by atoms with Crippen molar-refractivity contribution < 1.29 is 20.1 Å². The molecule has 1 atom stereocenters. The summed E-state index contributed by atoms with van der Waals surface area (Å²) in [5.41, 5.74) is 0.209. The molecule has 1 aromatic carbocycles.